The molecule has 0 heterocycles. The van der Waals surface area contributed by atoms with Gasteiger partial charge in [0.2, 0.25) is 0 Å². The van der Waals surface area contributed by atoms with E-state index in [2.05, 4.69) is 55.4 Å². The molecule has 4 atom stereocenters. The smallest absolute Gasteiger partial charge is 0.200 e. The largest absolute Gasteiger partial charge is 0.416 e. The van der Waals surface area contributed by atoms with Crippen molar-refractivity contribution in [3.8, 4) is 0 Å². The second-order valence-electron chi connectivity index (χ2n) is 10.8. The van der Waals surface area contributed by atoms with Crippen molar-refractivity contribution in [2.75, 3.05) is 6.61 Å². The zero-order valence-corrected chi connectivity index (χ0v) is 20.1. The summed E-state index contributed by atoms with van der Waals surface area (Å²) in [6, 6.07) is 0. The molecule has 27 heavy (non-hydrogen) atoms. The van der Waals surface area contributed by atoms with E-state index in [1.54, 1.807) is 0 Å². The van der Waals surface area contributed by atoms with Crippen molar-refractivity contribution in [2.45, 2.75) is 117 Å². The molecule has 0 radical (unpaired) electrons. The van der Waals surface area contributed by atoms with Gasteiger partial charge in [0.25, 0.3) is 0 Å². The van der Waals surface area contributed by atoms with Crippen molar-refractivity contribution >= 4 is 14.1 Å². The van der Waals surface area contributed by atoms with E-state index in [-0.39, 0.29) is 22.9 Å². The van der Waals surface area contributed by atoms with Crippen molar-refractivity contribution in [1.29, 1.82) is 0 Å². The van der Waals surface area contributed by atoms with Crippen LogP contribution in [0.5, 0.6) is 0 Å². The summed E-state index contributed by atoms with van der Waals surface area (Å²) < 4.78 is 6.81. The Kier molecular flexibility index (Phi) is 7.08. The van der Waals surface area contributed by atoms with Crippen molar-refractivity contribution in [3.05, 3.63) is 0 Å². The van der Waals surface area contributed by atoms with Gasteiger partial charge < -0.3 is 9.53 Å². The summed E-state index contributed by atoms with van der Waals surface area (Å²) in [5.74, 6) is 0.708. The van der Waals surface area contributed by atoms with Crippen LogP contribution in [0.25, 0.3) is 0 Å². The average Bonchev–Trinajstić information content (AvgIpc) is 2.56. The summed E-state index contributed by atoms with van der Waals surface area (Å²) in [5, 5.41) is 11.0. The molecule has 0 amide bonds. The first-order chi connectivity index (χ1) is 12.4. The van der Waals surface area contributed by atoms with Gasteiger partial charge in [-0.25, -0.2) is 0 Å². The maximum atomic E-state index is 12.7. The molecular weight excluding hydrogens is 352 g/mol. The normalized spacial score (nSPS) is 35.2. The molecule has 1 N–H and O–H groups in total. The number of hydrogen-bond acceptors (Lipinski definition) is 3. The highest BCUT2D eigenvalue weighted by Gasteiger charge is 2.57. The summed E-state index contributed by atoms with van der Waals surface area (Å²) in [4.78, 5) is 12.7. The Morgan fingerprint density at radius 1 is 1.07 bits per heavy atom. The van der Waals surface area contributed by atoms with Crippen LogP contribution in [0.15, 0.2) is 0 Å². The van der Waals surface area contributed by atoms with E-state index in [1.807, 2.05) is 0 Å². The van der Waals surface area contributed by atoms with Gasteiger partial charge in [-0.2, -0.15) is 0 Å². The molecule has 2 aliphatic rings. The van der Waals surface area contributed by atoms with E-state index in [4.69, 9.17) is 4.43 Å². The van der Waals surface area contributed by atoms with Gasteiger partial charge in [0.1, 0.15) is 5.78 Å². The number of ketones is 1. The summed E-state index contributed by atoms with van der Waals surface area (Å²) in [6.07, 6.45) is 4.90. The van der Waals surface area contributed by atoms with Crippen LogP contribution in [0.1, 0.15) is 93.9 Å². The number of aliphatic hydroxyl groups excluding tert-OH is 1. The molecule has 0 aromatic rings. The zero-order valence-electron chi connectivity index (χ0n) is 19.1. The van der Waals surface area contributed by atoms with Gasteiger partial charge in [-0.15, -0.1) is 0 Å². The van der Waals surface area contributed by atoms with Crippen molar-refractivity contribution in [1.82, 2.24) is 0 Å². The monoisotopic (exact) mass is 396 g/mol. The maximum Gasteiger partial charge on any atom is 0.200 e. The first-order valence-electron chi connectivity index (χ1n) is 11.3. The lowest BCUT2D eigenvalue weighted by Gasteiger charge is -2.56. The van der Waals surface area contributed by atoms with Crippen molar-refractivity contribution in [3.63, 3.8) is 0 Å². The van der Waals surface area contributed by atoms with Crippen LogP contribution in [0, 0.1) is 16.7 Å². The maximum absolute atomic E-state index is 12.7. The van der Waals surface area contributed by atoms with E-state index in [1.165, 1.54) is 0 Å². The van der Waals surface area contributed by atoms with Gasteiger partial charge in [-0.1, -0.05) is 55.4 Å². The minimum Gasteiger partial charge on any atom is -0.416 e. The Hall–Kier alpha value is -0.193. The second kappa shape index (κ2) is 8.28. The Morgan fingerprint density at radius 3 is 2.15 bits per heavy atom. The minimum atomic E-state index is -1.89. The highest BCUT2D eigenvalue weighted by atomic mass is 28.4. The van der Waals surface area contributed by atoms with Crippen LogP contribution in [0.2, 0.25) is 16.6 Å². The summed E-state index contributed by atoms with van der Waals surface area (Å²) in [7, 11) is -1.89. The number of rotatable bonds is 7. The van der Waals surface area contributed by atoms with Crippen molar-refractivity contribution < 1.29 is 14.3 Å². The first kappa shape index (κ1) is 23.1. The fourth-order valence-electron chi connectivity index (χ4n) is 6.92. The highest BCUT2D eigenvalue weighted by molar-refractivity contribution is 6.77. The molecule has 0 aromatic carbocycles. The zero-order chi connectivity index (χ0) is 20.6. The number of aliphatic hydroxyl groups is 1. The lowest BCUT2D eigenvalue weighted by Crippen LogP contribution is -2.56. The number of Topliss-reactive ketones (excluding diaryl/α,β-unsaturated/α-hetero) is 1. The molecule has 2 fully saturated rings. The van der Waals surface area contributed by atoms with E-state index in [9.17, 15) is 9.90 Å². The van der Waals surface area contributed by atoms with Gasteiger partial charge >= 0.3 is 0 Å². The topological polar surface area (TPSA) is 46.5 Å². The van der Waals surface area contributed by atoms with Crippen LogP contribution in [0.3, 0.4) is 0 Å². The molecule has 0 spiro atoms. The van der Waals surface area contributed by atoms with Gasteiger partial charge in [0.15, 0.2) is 8.32 Å². The quantitative estimate of drug-likeness (QED) is 0.528. The summed E-state index contributed by atoms with van der Waals surface area (Å²) >= 11 is 0. The first-order valence-corrected chi connectivity index (χ1v) is 13.4. The molecule has 2 saturated carbocycles. The second-order valence-corrected chi connectivity index (χ2v) is 16.2. The fourth-order valence-corrected chi connectivity index (χ4v) is 12.4. The third kappa shape index (κ3) is 3.83. The number of hydrogen-bond donors (Lipinski definition) is 1. The number of carbonyl (C=O) groups excluding carboxylic acids is 1. The average molecular weight is 397 g/mol. The predicted molar refractivity (Wildman–Crippen MR) is 115 cm³/mol. The molecule has 2 aliphatic carbocycles. The molecule has 0 aromatic heterocycles. The van der Waals surface area contributed by atoms with E-state index in [0.29, 0.717) is 22.4 Å². The molecule has 2 rings (SSSR count). The lowest BCUT2D eigenvalue weighted by atomic mass is 9.49. The lowest BCUT2D eigenvalue weighted by molar-refractivity contribution is -0.159. The third-order valence-corrected chi connectivity index (χ3v) is 14.6. The third-order valence-electron chi connectivity index (χ3n) is 8.50. The SMILES string of the molecule is CC(C)[Si](OCC[C@]1(C)C(O)CC[C@]2(C)C(=O)CCC[C@H]21)(C(C)C)C(C)C. The summed E-state index contributed by atoms with van der Waals surface area (Å²) in [6.45, 7) is 19.0. The minimum absolute atomic E-state index is 0.214. The Balaban J connectivity index is 2.20. The fraction of sp³-hybridized carbons (Fsp3) is 0.957. The van der Waals surface area contributed by atoms with Crippen molar-refractivity contribution in [2.24, 2.45) is 16.7 Å². The molecular formula is C23H44O3Si. The molecule has 0 aliphatic heterocycles. The molecule has 3 nitrogen and oxygen atoms in total. The van der Waals surface area contributed by atoms with E-state index < -0.39 is 8.32 Å². The Morgan fingerprint density at radius 2 is 1.63 bits per heavy atom. The number of fused-ring (bicyclic) bond motifs is 1. The standard InChI is InChI=1S/C23H44O3Si/c1-16(2)27(17(3)4,18(5)6)26-15-14-23(8)19-10-9-11-20(24)22(19,7)13-12-21(23)25/h16-19,21,25H,9-15H2,1-8H3/t19-,21?,22+,23+/m1/s1. The molecule has 4 heteroatoms. The molecule has 0 saturated heterocycles. The van der Waals surface area contributed by atoms with Crippen LogP contribution < -0.4 is 0 Å². The molecule has 158 valence electrons. The van der Waals surface area contributed by atoms with Gasteiger partial charge in [-0.3, -0.25) is 4.79 Å². The number of carbonyl (C=O) groups is 1. The Bertz CT molecular complexity index is 508. The summed E-state index contributed by atoms with van der Waals surface area (Å²) in [5.41, 5.74) is 1.26. The van der Waals surface area contributed by atoms with E-state index >= 15 is 0 Å². The van der Waals surface area contributed by atoms with Crippen LogP contribution >= 0.6 is 0 Å². The van der Waals surface area contributed by atoms with Crippen LogP contribution in [-0.4, -0.2) is 31.9 Å². The van der Waals surface area contributed by atoms with Gasteiger partial charge in [0, 0.05) is 18.4 Å². The molecule has 1 unspecified atom stereocenters. The van der Waals surface area contributed by atoms with Crippen LogP contribution in [0.4, 0.5) is 0 Å². The van der Waals surface area contributed by atoms with Crippen LogP contribution in [-0.2, 0) is 9.22 Å². The van der Waals surface area contributed by atoms with Gasteiger partial charge in [-0.05, 0) is 60.1 Å². The predicted octanol–water partition coefficient (Wildman–Crippen LogP) is 6.11. The van der Waals surface area contributed by atoms with E-state index in [0.717, 1.165) is 45.1 Å². The van der Waals surface area contributed by atoms with Gasteiger partial charge in [0.05, 0.1) is 6.10 Å². The Labute approximate surface area is 168 Å². The molecule has 0 bridgehead atoms. The highest BCUT2D eigenvalue weighted by Crippen LogP contribution is 2.58.